The van der Waals surface area contributed by atoms with Gasteiger partial charge in [-0.25, -0.2) is 4.98 Å². The fraction of sp³-hybridized carbons (Fsp3) is 0.510. The number of methoxy groups -OCH3 is 1. The summed E-state index contributed by atoms with van der Waals surface area (Å²) in [6, 6.07) is 3.16. The number of benzene rings is 3. The van der Waals surface area contributed by atoms with Gasteiger partial charge < -0.3 is 58.9 Å². The number of ether oxygens (including phenoxy) is 4. The molecule has 1 amide bonds. The summed E-state index contributed by atoms with van der Waals surface area (Å²) in [6.07, 6.45) is 5.23. The second-order valence-corrected chi connectivity index (χ2v) is 19.4. The zero-order valence-corrected chi connectivity index (χ0v) is 40.8. The van der Waals surface area contributed by atoms with Gasteiger partial charge in [0.1, 0.15) is 28.8 Å². The molecule has 1 fully saturated rings. The second kappa shape index (κ2) is 18.8. The Morgan fingerprint density at radius 3 is 2.25 bits per heavy atom. The molecule has 9 atom stereocenters. The minimum atomic E-state index is -1.98. The van der Waals surface area contributed by atoms with E-state index in [2.05, 4.69) is 22.0 Å². The first kappa shape index (κ1) is 49.9. The van der Waals surface area contributed by atoms with Gasteiger partial charge in [0, 0.05) is 97.6 Å². The summed E-state index contributed by atoms with van der Waals surface area (Å²) < 4.78 is 30.6. The molecule has 3 aliphatic rings. The normalized spacial score (nSPS) is 30.0. The number of hydrogen-bond acceptors (Lipinski definition) is 16. The van der Waals surface area contributed by atoms with Gasteiger partial charge in [0.2, 0.25) is 10.9 Å². The molecule has 0 unspecified atom stereocenters. The third-order valence-electron chi connectivity index (χ3n) is 14.7. The largest absolute Gasteiger partial charge is 0.507 e. The summed E-state index contributed by atoms with van der Waals surface area (Å²) in [7, 11) is 5.54. The number of amides is 1. The first-order chi connectivity index (χ1) is 31.9. The first-order valence-corrected chi connectivity index (χ1v) is 23.0. The van der Waals surface area contributed by atoms with Crippen LogP contribution in [0, 0.1) is 30.6 Å². The molecule has 1 aromatic heterocycles. The number of rotatable bonds is 4. The number of aliphatic hydroxyl groups is 3. The summed E-state index contributed by atoms with van der Waals surface area (Å²) in [5, 5.41) is 49.3. The molecular weight excluding hydrogens is 877 g/mol. The number of aliphatic hydroxyl groups excluding tert-OH is 3. The number of aromatic nitrogens is 1. The van der Waals surface area contributed by atoms with Crippen molar-refractivity contribution in [3.63, 3.8) is 0 Å². The highest BCUT2D eigenvalue weighted by Crippen LogP contribution is 2.42. The lowest BCUT2D eigenvalue weighted by Gasteiger charge is -2.44. The molecular formula is C51H64N4O13. The topological polar surface area (TPSA) is 231 Å². The van der Waals surface area contributed by atoms with Crippen LogP contribution in [-0.4, -0.2) is 112 Å². The number of phenols is 1. The van der Waals surface area contributed by atoms with Crippen molar-refractivity contribution >= 4 is 62.0 Å². The Labute approximate surface area is 394 Å². The Kier molecular flexibility index (Phi) is 13.8. The first-order valence-electron chi connectivity index (χ1n) is 23.0. The van der Waals surface area contributed by atoms with Gasteiger partial charge in [0.15, 0.2) is 22.4 Å². The summed E-state index contributed by atoms with van der Waals surface area (Å²) in [5.41, 5.74) is -1.40. The number of carbonyl (C=O) groups is 2. The van der Waals surface area contributed by atoms with Crippen LogP contribution < -0.4 is 31.0 Å². The van der Waals surface area contributed by atoms with E-state index in [9.17, 15) is 39.6 Å². The van der Waals surface area contributed by atoms with Gasteiger partial charge in [-0.15, -0.1) is 0 Å². The number of fused-ring (bicyclic) bond motifs is 2. The van der Waals surface area contributed by atoms with Crippen molar-refractivity contribution in [1.29, 1.82) is 0 Å². The molecule has 5 N–H and O–H groups in total. The number of hydrogen-bond donors (Lipinski definition) is 5. The van der Waals surface area contributed by atoms with Crippen molar-refractivity contribution in [3.05, 3.63) is 79.5 Å². The van der Waals surface area contributed by atoms with E-state index in [1.54, 1.807) is 45.9 Å². The molecule has 17 heteroatoms. The third kappa shape index (κ3) is 8.80. The van der Waals surface area contributed by atoms with Crippen molar-refractivity contribution in [2.45, 2.75) is 111 Å². The number of piperidine rings is 1. The third-order valence-corrected chi connectivity index (χ3v) is 14.7. The van der Waals surface area contributed by atoms with E-state index in [0.29, 0.717) is 18.8 Å². The maximum Gasteiger partial charge on any atom is 0.307 e. The van der Waals surface area contributed by atoms with Crippen molar-refractivity contribution in [2.75, 3.05) is 44.5 Å². The Hall–Kier alpha value is -6.01. The lowest BCUT2D eigenvalue weighted by atomic mass is 9.78. The minimum Gasteiger partial charge on any atom is -0.507 e. The number of nitrogens with one attached hydrogen (secondary N) is 1. The van der Waals surface area contributed by atoms with Gasteiger partial charge in [0.25, 0.3) is 5.91 Å². The van der Waals surface area contributed by atoms with Crippen LogP contribution in [0.25, 0.3) is 38.7 Å². The Bertz CT molecular complexity index is 2940. The van der Waals surface area contributed by atoms with Crippen LogP contribution in [0.4, 0.5) is 11.4 Å². The van der Waals surface area contributed by atoms with Crippen LogP contribution in [0.2, 0.25) is 0 Å². The molecule has 0 saturated carbocycles. The van der Waals surface area contributed by atoms with Crippen molar-refractivity contribution in [2.24, 2.45) is 23.7 Å². The number of esters is 1. The quantitative estimate of drug-likeness (QED) is 0.0969. The van der Waals surface area contributed by atoms with E-state index < -0.39 is 88.1 Å². The highest BCUT2D eigenvalue weighted by atomic mass is 16.7. The molecule has 4 bridgehead atoms. The van der Waals surface area contributed by atoms with Crippen molar-refractivity contribution in [3.8, 4) is 11.5 Å². The van der Waals surface area contributed by atoms with E-state index in [0.717, 1.165) is 12.8 Å². The van der Waals surface area contributed by atoms with Crippen LogP contribution in [0.1, 0.15) is 73.8 Å². The average molecular weight is 941 g/mol. The average Bonchev–Trinajstić information content (AvgIpc) is 3.56. The smallest absolute Gasteiger partial charge is 0.307 e. The van der Waals surface area contributed by atoms with Gasteiger partial charge in [-0.3, -0.25) is 19.2 Å². The molecule has 4 aromatic rings. The van der Waals surface area contributed by atoms with Gasteiger partial charge in [-0.2, -0.15) is 0 Å². The van der Waals surface area contributed by atoms with Crippen molar-refractivity contribution in [1.82, 2.24) is 9.88 Å². The maximum absolute atomic E-state index is 14.9. The molecule has 7 rings (SSSR count). The van der Waals surface area contributed by atoms with Crippen LogP contribution in [0.5, 0.6) is 11.5 Å². The van der Waals surface area contributed by atoms with E-state index >= 15 is 0 Å². The lowest BCUT2D eigenvalue weighted by Crippen LogP contribution is -2.50. The van der Waals surface area contributed by atoms with Gasteiger partial charge in [-0.1, -0.05) is 45.9 Å². The highest BCUT2D eigenvalue weighted by molar-refractivity contribution is 6.16. The van der Waals surface area contributed by atoms with Crippen LogP contribution in [0.15, 0.2) is 62.3 Å². The second-order valence-electron chi connectivity index (χ2n) is 19.4. The standard InChI is InChI=1S/C51H64N4O13/c1-24-14-13-15-25(2)49(63)53-40-44(61)36-35(39-47(40)67-34-23-31(22-32(57)38(34)52-39)55-19-17-50(8,18-20-55)54(10)11)37-46(29(6)43(36)60)68-51(9,48(37)62)65-21-16-33(64-12)26(3)45(66-30(7)56)28(5)42(59)27(4)41(24)58/h13-16,21-24,26-28,33,41-42,45,58-60,62H,17-20H2,1-12H3,(H,53,63)/b14-13+,21-16+,25-15-/t24-,26+,27+,28+,33-,41-,42+,45+,51-/m0/s1. The van der Waals surface area contributed by atoms with Gasteiger partial charge in [0.05, 0.1) is 35.2 Å². The molecule has 17 nitrogen and oxygen atoms in total. The Morgan fingerprint density at radius 1 is 0.941 bits per heavy atom. The molecule has 3 aliphatic heterocycles. The Balaban J connectivity index is 1.47. The highest BCUT2D eigenvalue weighted by Gasteiger charge is 2.44. The number of allylic oxidation sites excluding steroid dienone is 2. The number of aromatic hydroxyl groups is 1. The summed E-state index contributed by atoms with van der Waals surface area (Å²) >= 11 is 0. The van der Waals surface area contributed by atoms with Crippen LogP contribution in [0.3, 0.4) is 0 Å². The molecule has 1 saturated heterocycles. The zero-order chi connectivity index (χ0) is 49.9. The van der Waals surface area contributed by atoms with E-state index in [4.69, 9.17) is 28.3 Å². The predicted molar refractivity (Wildman–Crippen MR) is 259 cm³/mol. The molecule has 3 aromatic carbocycles. The Morgan fingerprint density at radius 2 is 1.62 bits per heavy atom. The number of carbonyl (C=O) groups excluding carboxylic acids is 2. The van der Waals surface area contributed by atoms with Crippen molar-refractivity contribution < 1.29 is 53.4 Å². The number of nitrogens with zero attached hydrogens (tertiary/aromatic N) is 3. The fourth-order valence-corrected chi connectivity index (χ4v) is 9.75. The van der Waals surface area contributed by atoms with Gasteiger partial charge >= 0.3 is 11.8 Å². The summed E-state index contributed by atoms with van der Waals surface area (Å²) in [4.78, 5) is 64.6. The number of anilines is 2. The maximum atomic E-state index is 14.9. The predicted octanol–water partition coefficient (Wildman–Crippen LogP) is 5.48. The number of phenolic OH excluding ortho intramolecular Hbond substituents is 1. The lowest BCUT2D eigenvalue weighted by molar-refractivity contribution is -0.160. The van der Waals surface area contributed by atoms with E-state index in [-0.39, 0.29) is 66.3 Å². The minimum absolute atomic E-state index is 0.0287. The fourth-order valence-electron chi connectivity index (χ4n) is 9.75. The molecule has 0 radical (unpaired) electrons. The monoisotopic (exact) mass is 940 g/mol. The molecule has 0 spiro atoms. The zero-order valence-electron chi connectivity index (χ0n) is 40.8. The summed E-state index contributed by atoms with van der Waals surface area (Å²) in [6.45, 7) is 16.1. The van der Waals surface area contributed by atoms with Crippen LogP contribution >= 0.6 is 0 Å². The summed E-state index contributed by atoms with van der Waals surface area (Å²) in [5.74, 6) is -6.94. The molecule has 0 aliphatic carbocycles. The SMILES string of the molecule is CO[C@H]1/C=C/O[C@@]2(C)Oc3c(C)c(O)c4c(=O)c(c5oc6cc(N7CCC(C)(N(C)C)CC7)cc(=O)c6nc5c4c3=C2O)NC(=O)/C(C)=C\C=C\[C@H](C)[C@H](O)[C@@H](C)[C@@H](O)[C@@H](C)[C@H](OC(C)=O)[C@@H]1C. The molecule has 68 heavy (non-hydrogen) atoms. The molecule has 4 heterocycles. The van der Waals surface area contributed by atoms with E-state index in [1.807, 2.05) is 14.1 Å². The molecule has 366 valence electrons. The van der Waals surface area contributed by atoms with Gasteiger partial charge in [-0.05, 0) is 53.8 Å². The van der Waals surface area contributed by atoms with E-state index in [1.165, 1.54) is 59.3 Å². The van der Waals surface area contributed by atoms with Crippen LogP contribution in [-0.2, 0) is 23.8 Å².